The third-order valence-electron chi connectivity index (χ3n) is 5.45. The highest BCUT2D eigenvalue weighted by Gasteiger charge is 2.29. The first-order valence-electron chi connectivity index (χ1n) is 9.90. The number of carbonyl (C=O) groups excluding carboxylic acids is 2. The number of hydrogen-bond donors (Lipinski definition) is 2. The molecule has 0 radical (unpaired) electrons. The van der Waals surface area contributed by atoms with Crippen molar-refractivity contribution in [2.75, 3.05) is 19.8 Å². The summed E-state index contributed by atoms with van der Waals surface area (Å²) in [4.78, 5) is 24.8. The molecular formula is C19H35ClN2O4. The molecule has 1 amide bonds. The highest BCUT2D eigenvalue weighted by atomic mass is 35.5. The fourth-order valence-electron chi connectivity index (χ4n) is 3.94. The molecule has 0 bridgehead atoms. The van der Waals surface area contributed by atoms with E-state index in [2.05, 4.69) is 5.32 Å². The Kier molecular flexibility index (Phi) is 11.2. The lowest BCUT2D eigenvalue weighted by Gasteiger charge is -2.28. The lowest BCUT2D eigenvalue weighted by Crippen LogP contribution is -2.50. The first-order valence-corrected chi connectivity index (χ1v) is 9.90. The summed E-state index contributed by atoms with van der Waals surface area (Å²) in [6.07, 6.45) is 9.13. The molecule has 152 valence electrons. The largest absolute Gasteiger partial charge is 0.464 e. The number of amides is 1. The van der Waals surface area contributed by atoms with Crippen LogP contribution in [0.3, 0.4) is 0 Å². The zero-order valence-electron chi connectivity index (χ0n) is 15.9. The van der Waals surface area contributed by atoms with Crippen LogP contribution in [-0.2, 0) is 19.1 Å². The topological polar surface area (TPSA) is 90.7 Å². The number of rotatable bonds is 8. The average Bonchev–Trinajstić information content (AvgIpc) is 2.63. The van der Waals surface area contributed by atoms with E-state index in [-0.39, 0.29) is 24.3 Å². The average molecular weight is 391 g/mol. The molecule has 6 nitrogen and oxygen atoms in total. The van der Waals surface area contributed by atoms with Gasteiger partial charge < -0.3 is 20.5 Å². The van der Waals surface area contributed by atoms with Crippen molar-refractivity contribution in [2.45, 2.75) is 76.8 Å². The predicted octanol–water partition coefficient (Wildman–Crippen LogP) is 2.57. The molecule has 7 heteroatoms. The summed E-state index contributed by atoms with van der Waals surface area (Å²) in [6.45, 7) is 3.59. The molecule has 3 N–H and O–H groups in total. The van der Waals surface area contributed by atoms with Gasteiger partial charge in [0.05, 0.1) is 12.6 Å². The Bertz CT molecular complexity index is 424. The monoisotopic (exact) mass is 390 g/mol. The highest BCUT2D eigenvalue weighted by Crippen LogP contribution is 2.27. The number of nitrogens with two attached hydrogens (primary N) is 1. The Morgan fingerprint density at radius 2 is 1.69 bits per heavy atom. The maximum absolute atomic E-state index is 12.5. The SMILES string of the molecule is CCOC(=O)[C@H](CC1CCCCC1)NC(=O)C(N)CC1CCOCC1.Cl. The van der Waals surface area contributed by atoms with Gasteiger partial charge in [0.15, 0.2) is 0 Å². The predicted molar refractivity (Wildman–Crippen MR) is 103 cm³/mol. The quantitative estimate of drug-likeness (QED) is 0.621. The van der Waals surface area contributed by atoms with Crippen molar-refractivity contribution >= 4 is 24.3 Å². The first kappa shape index (κ1) is 23.2. The number of halogens is 1. The van der Waals surface area contributed by atoms with Crippen molar-refractivity contribution in [1.82, 2.24) is 5.32 Å². The third kappa shape index (κ3) is 7.80. The van der Waals surface area contributed by atoms with Crippen molar-refractivity contribution in [3.8, 4) is 0 Å². The van der Waals surface area contributed by atoms with Crippen LogP contribution in [0.4, 0.5) is 0 Å². The van der Waals surface area contributed by atoms with Gasteiger partial charge in [0, 0.05) is 13.2 Å². The van der Waals surface area contributed by atoms with Crippen LogP contribution < -0.4 is 11.1 Å². The van der Waals surface area contributed by atoms with E-state index < -0.39 is 12.1 Å². The second-order valence-corrected chi connectivity index (χ2v) is 7.45. The van der Waals surface area contributed by atoms with Crippen LogP contribution in [-0.4, -0.2) is 43.8 Å². The standard InChI is InChI=1S/C19H34N2O4.ClH/c1-2-25-19(23)17(13-14-6-4-3-5-7-14)21-18(22)16(20)12-15-8-10-24-11-9-15;/h14-17H,2-13,20H2,1H3,(H,21,22);1H/t16?,17-;/m0./s1. The minimum atomic E-state index is -0.577. The Morgan fingerprint density at radius 1 is 1.08 bits per heavy atom. The van der Waals surface area contributed by atoms with Gasteiger partial charge in [0.25, 0.3) is 0 Å². The summed E-state index contributed by atoms with van der Waals surface area (Å²) in [5.41, 5.74) is 6.10. The third-order valence-corrected chi connectivity index (χ3v) is 5.45. The van der Waals surface area contributed by atoms with Gasteiger partial charge in [-0.3, -0.25) is 4.79 Å². The van der Waals surface area contributed by atoms with E-state index >= 15 is 0 Å². The molecule has 2 aliphatic rings. The zero-order chi connectivity index (χ0) is 18.1. The molecule has 1 saturated carbocycles. The summed E-state index contributed by atoms with van der Waals surface area (Å²) in [5, 5.41) is 2.87. The lowest BCUT2D eigenvalue weighted by molar-refractivity contribution is -0.148. The summed E-state index contributed by atoms with van der Waals surface area (Å²) in [5.74, 6) is 0.337. The van der Waals surface area contributed by atoms with Crippen LogP contribution in [0, 0.1) is 11.8 Å². The molecule has 0 aromatic heterocycles. The molecule has 2 rings (SSSR count). The zero-order valence-corrected chi connectivity index (χ0v) is 16.7. The van der Waals surface area contributed by atoms with Gasteiger partial charge in [-0.15, -0.1) is 12.4 Å². The molecule has 0 aromatic rings. The maximum Gasteiger partial charge on any atom is 0.328 e. The normalized spacial score (nSPS) is 21.3. The molecule has 1 heterocycles. The summed E-state index contributed by atoms with van der Waals surface area (Å²) in [6, 6.07) is -1.15. The molecule has 1 aliphatic heterocycles. The Labute approximate surface area is 163 Å². The molecule has 1 unspecified atom stereocenters. The second kappa shape index (κ2) is 12.5. The number of esters is 1. The molecular weight excluding hydrogens is 356 g/mol. The number of carbonyl (C=O) groups is 2. The van der Waals surface area contributed by atoms with Gasteiger partial charge in [-0.05, 0) is 44.4 Å². The van der Waals surface area contributed by atoms with Crippen LogP contribution in [0.5, 0.6) is 0 Å². The Balaban J connectivity index is 0.00000338. The fourth-order valence-corrected chi connectivity index (χ4v) is 3.94. The summed E-state index contributed by atoms with van der Waals surface area (Å²) < 4.78 is 10.5. The van der Waals surface area contributed by atoms with Crippen molar-refractivity contribution < 1.29 is 19.1 Å². The second-order valence-electron chi connectivity index (χ2n) is 7.45. The molecule has 1 aliphatic carbocycles. The number of nitrogens with one attached hydrogen (secondary N) is 1. The van der Waals surface area contributed by atoms with Crippen molar-refractivity contribution in [3.05, 3.63) is 0 Å². The van der Waals surface area contributed by atoms with Crippen LogP contribution in [0.2, 0.25) is 0 Å². The molecule has 2 fully saturated rings. The van der Waals surface area contributed by atoms with E-state index in [1.54, 1.807) is 6.92 Å². The van der Waals surface area contributed by atoms with Gasteiger partial charge in [-0.1, -0.05) is 32.1 Å². The van der Waals surface area contributed by atoms with Gasteiger partial charge in [0.2, 0.25) is 5.91 Å². The Morgan fingerprint density at radius 3 is 2.31 bits per heavy atom. The van der Waals surface area contributed by atoms with Gasteiger partial charge in [-0.2, -0.15) is 0 Å². The summed E-state index contributed by atoms with van der Waals surface area (Å²) in [7, 11) is 0. The molecule has 1 saturated heterocycles. The minimum absolute atomic E-state index is 0. The highest BCUT2D eigenvalue weighted by molar-refractivity contribution is 5.87. The first-order chi connectivity index (χ1) is 12.1. The van der Waals surface area contributed by atoms with E-state index in [4.69, 9.17) is 15.2 Å². The van der Waals surface area contributed by atoms with Crippen molar-refractivity contribution in [1.29, 1.82) is 0 Å². The van der Waals surface area contributed by atoms with Crippen LogP contribution in [0.1, 0.15) is 64.7 Å². The van der Waals surface area contributed by atoms with Crippen molar-refractivity contribution in [2.24, 2.45) is 17.6 Å². The molecule has 26 heavy (non-hydrogen) atoms. The minimum Gasteiger partial charge on any atom is -0.464 e. The van der Waals surface area contributed by atoms with E-state index in [9.17, 15) is 9.59 Å². The fraction of sp³-hybridized carbons (Fsp3) is 0.895. The number of ether oxygens (including phenoxy) is 2. The van der Waals surface area contributed by atoms with E-state index in [0.717, 1.165) is 38.9 Å². The van der Waals surface area contributed by atoms with Crippen LogP contribution in [0.25, 0.3) is 0 Å². The Hall–Kier alpha value is -0.850. The van der Waals surface area contributed by atoms with E-state index in [1.165, 1.54) is 19.3 Å². The smallest absolute Gasteiger partial charge is 0.328 e. The van der Waals surface area contributed by atoms with Crippen LogP contribution in [0.15, 0.2) is 0 Å². The van der Waals surface area contributed by atoms with Crippen LogP contribution >= 0.6 is 12.4 Å². The molecule has 2 atom stereocenters. The molecule has 0 aromatic carbocycles. The number of hydrogen-bond acceptors (Lipinski definition) is 5. The maximum atomic E-state index is 12.5. The lowest BCUT2D eigenvalue weighted by atomic mass is 9.84. The molecule has 0 spiro atoms. The van der Waals surface area contributed by atoms with Crippen molar-refractivity contribution in [3.63, 3.8) is 0 Å². The van der Waals surface area contributed by atoms with E-state index in [0.29, 0.717) is 31.3 Å². The van der Waals surface area contributed by atoms with Gasteiger partial charge >= 0.3 is 5.97 Å². The van der Waals surface area contributed by atoms with Gasteiger partial charge in [-0.25, -0.2) is 4.79 Å². The summed E-state index contributed by atoms with van der Waals surface area (Å²) >= 11 is 0. The van der Waals surface area contributed by atoms with Gasteiger partial charge in [0.1, 0.15) is 6.04 Å². The van der Waals surface area contributed by atoms with E-state index in [1.807, 2.05) is 0 Å².